The quantitative estimate of drug-likeness (QED) is 0.166. The minimum atomic E-state index is -0.164. The SMILES string of the molecule is CCc1cc(N(c2ccccc2)c2ccccc2)cc2c1-c1cc3c(cc1C2(C)C)-c1ccc(N(c2ccccc2)c2ccccc2)cc1C3(C)C. The monoisotopic (exact) mass is 672 g/mol. The van der Waals surface area contributed by atoms with Crippen LogP contribution in [0.4, 0.5) is 34.1 Å². The molecule has 0 aliphatic heterocycles. The summed E-state index contributed by atoms with van der Waals surface area (Å²) in [6.45, 7) is 12.0. The molecule has 7 aromatic carbocycles. The van der Waals surface area contributed by atoms with Gasteiger partial charge < -0.3 is 9.80 Å². The van der Waals surface area contributed by atoms with Gasteiger partial charge >= 0.3 is 0 Å². The average Bonchev–Trinajstić information content (AvgIpc) is 3.54. The molecule has 2 heteroatoms. The van der Waals surface area contributed by atoms with Crippen LogP contribution in [0.25, 0.3) is 22.3 Å². The molecule has 2 nitrogen and oxygen atoms in total. The van der Waals surface area contributed by atoms with Gasteiger partial charge in [0.2, 0.25) is 0 Å². The summed E-state index contributed by atoms with van der Waals surface area (Å²) in [6.07, 6.45) is 0.960. The van der Waals surface area contributed by atoms with Crippen LogP contribution < -0.4 is 9.80 Å². The fourth-order valence-electron chi connectivity index (χ4n) is 8.88. The van der Waals surface area contributed by atoms with E-state index in [1.807, 2.05) is 0 Å². The predicted octanol–water partition coefficient (Wildman–Crippen LogP) is 13.8. The first-order valence-electron chi connectivity index (χ1n) is 18.6. The van der Waals surface area contributed by atoms with E-state index in [9.17, 15) is 0 Å². The maximum absolute atomic E-state index is 2.55. The van der Waals surface area contributed by atoms with Gasteiger partial charge in [0.25, 0.3) is 0 Å². The molecular formula is C50H44N2. The molecule has 2 aliphatic rings. The van der Waals surface area contributed by atoms with E-state index in [0.717, 1.165) is 17.8 Å². The lowest BCUT2D eigenvalue weighted by atomic mass is 9.79. The Morgan fingerprint density at radius 1 is 0.365 bits per heavy atom. The zero-order valence-corrected chi connectivity index (χ0v) is 30.7. The van der Waals surface area contributed by atoms with E-state index in [-0.39, 0.29) is 10.8 Å². The molecule has 0 spiro atoms. The molecule has 254 valence electrons. The number of para-hydroxylation sites is 4. The second-order valence-corrected chi connectivity index (χ2v) is 15.3. The van der Waals surface area contributed by atoms with Crippen LogP contribution in [-0.4, -0.2) is 0 Å². The molecule has 0 fully saturated rings. The number of benzene rings is 7. The summed E-state index contributed by atoms with van der Waals surface area (Å²) in [5.41, 5.74) is 19.2. The van der Waals surface area contributed by atoms with E-state index in [1.54, 1.807) is 0 Å². The lowest BCUT2D eigenvalue weighted by Gasteiger charge is -2.29. The van der Waals surface area contributed by atoms with E-state index in [1.165, 1.54) is 72.8 Å². The minimum absolute atomic E-state index is 0.161. The van der Waals surface area contributed by atoms with E-state index in [2.05, 4.69) is 208 Å². The summed E-state index contributed by atoms with van der Waals surface area (Å²) < 4.78 is 0. The molecule has 52 heavy (non-hydrogen) atoms. The number of hydrogen-bond donors (Lipinski definition) is 0. The molecule has 0 unspecified atom stereocenters. The predicted molar refractivity (Wildman–Crippen MR) is 220 cm³/mol. The van der Waals surface area contributed by atoms with Crippen LogP contribution in [0.15, 0.2) is 164 Å². The van der Waals surface area contributed by atoms with Crippen molar-refractivity contribution in [2.24, 2.45) is 0 Å². The van der Waals surface area contributed by atoms with Crippen LogP contribution in [0.3, 0.4) is 0 Å². The lowest BCUT2D eigenvalue weighted by molar-refractivity contribution is 0.652. The zero-order valence-electron chi connectivity index (χ0n) is 30.7. The standard InChI is InChI=1S/C50H44N2/c1-6-34-29-40(52(37-23-15-9-16-24-37)38-25-17-10-18-26-38)31-47-48(34)43-33-45-42(32-46(43)50(47,4)5)41-28-27-39(30-44(41)49(45,2)3)51(35-19-11-7-12-20-35)36-21-13-8-14-22-36/h7-33H,6H2,1-5H3. The van der Waals surface area contributed by atoms with Crippen molar-refractivity contribution in [2.45, 2.75) is 51.9 Å². The molecule has 0 aromatic heterocycles. The molecular weight excluding hydrogens is 629 g/mol. The van der Waals surface area contributed by atoms with Crippen molar-refractivity contribution in [2.75, 3.05) is 9.80 Å². The first-order valence-corrected chi connectivity index (χ1v) is 18.6. The van der Waals surface area contributed by atoms with Crippen molar-refractivity contribution in [1.82, 2.24) is 0 Å². The zero-order chi connectivity index (χ0) is 35.6. The lowest BCUT2D eigenvalue weighted by Crippen LogP contribution is -2.18. The van der Waals surface area contributed by atoms with Crippen molar-refractivity contribution < 1.29 is 0 Å². The van der Waals surface area contributed by atoms with Crippen LogP contribution in [0.2, 0.25) is 0 Å². The maximum Gasteiger partial charge on any atom is 0.0467 e. The Hall–Kier alpha value is -5.86. The number of aryl methyl sites for hydroxylation is 1. The van der Waals surface area contributed by atoms with Crippen LogP contribution in [0, 0.1) is 0 Å². The highest BCUT2D eigenvalue weighted by atomic mass is 15.1. The molecule has 7 aromatic rings. The third kappa shape index (κ3) is 4.93. The Kier molecular flexibility index (Phi) is 7.48. The maximum atomic E-state index is 2.55. The average molecular weight is 673 g/mol. The first kappa shape index (κ1) is 32.1. The van der Waals surface area contributed by atoms with Gasteiger partial charge in [-0.1, -0.05) is 113 Å². The van der Waals surface area contributed by atoms with Crippen LogP contribution in [-0.2, 0) is 17.3 Å². The Balaban J connectivity index is 1.18. The van der Waals surface area contributed by atoms with Crippen LogP contribution in [0.1, 0.15) is 62.4 Å². The van der Waals surface area contributed by atoms with Gasteiger partial charge in [0.1, 0.15) is 0 Å². The van der Waals surface area contributed by atoms with Crippen molar-refractivity contribution in [3.8, 4) is 22.3 Å². The second kappa shape index (κ2) is 12.1. The van der Waals surface area contributed by atoms with Gasteiger partial charge in [0.05, 0.1) is 0 Å². The molecule has 0 saturated heterocycles. The molecule has 0 N–H and O–H groups in total. The molecule has 0 amide bonds. The van der Waals surface area contributed by atoms with E-state index < -0.39 is 0 Å². The van der Waals surface area contributed by atoms with E-state index >= 15 is 0 Å². The fourth-order valence-corrected chi connectivity index (χ4v) is 8.88. The number of rotatable bonds is 7. The highest BCUT2D eigenvalue weighted by Gasteiger charge is 2.43. The Bertz CT molecular complexity index is 2350. The Morgan fingerprint density at radius 2 is 0.769 bits per heavy atom. The topological polar surface area (TPSA) is 6.48 Å². The van der Waals surface area contributed by atoms with Crippen molar-refractivity contribution in [1.29, 1.82) is 0 Å². The molecule has 2 aliphatic carbocycles. The number of anilines is 6. The van der Waals surface area contributed by atoms with Gasteiger partial charge in [-0.2, -0.15) is 0 Å². The Morgan fingerprint density at radius 3 is 1.27 bits per heavy atom. The molecule has 0 heterocycles. The van der Waals surface area contributed by atoms with Gasteiger partial charge in [-0.05, 0) is 141 Å². The molecule has 0 bridgehead atoms. The van der Waals surface area contributed by atoms with Crippen molar-refractivity contribution >= 4 is 34.1 Å². The van der Waals surface area contributed by atoms with Gasteiger partial charge in [-0.15, -0.1) is 0 Å². The van der Waals surface area contributed by atoms with Crippen LogP contribution in [0.5, 0.6) is 0 Å². The smallest absolute Gasteiger partial charge is 0.0467 e. The highest BCUT2D eigenvalue weighted by Crippen LogP contribution is 2.58. The highest BCUT2D eigenvalue weighted by molar-refractivity contribution is 5.93. The molecule has 0 saturated carbocycles. The Labute approximate surface area is 308 Å². The largest absolute Gasteiger partial charge is 0.310 e. The molecule has 9 rings (SSSR count). The summed E-state index contributed by atoms with van der Waals surface area (Å²) in [5.74, 6) is 0. The summed E-state index contributed by atoms with van der Waals surface area (Å²) >= 11 is 0. The van der Waals surface area contributed by atoms with Crippen LogP contribution >= 0.6 is 0 Å². The third-order valence-corrected chi connectivity index (χ3v) is 11.6. The fraction of sp³-hybridized carbons (Fsp3) is 0.160. The van der Waals surface area contributed by atoms with Crippen molar-refractivity contribution in [3.63, 3.8) is 0 Å². The normalized spacial score (nSPS) is 14.2. The summed E-state index contributed by atoms with van der Waals surface area (Å²) in [5, 5.41) is 0. The van der Waals surface area contributed by atoms with Gasteiger partial charge in [-0.3, -0.25) is 0 Å². The van der Waals surface area contributed by atoms with Gasteiger partial charge in [0, 0.05) is 45.0 Å². The summed E-state index contributed by atoms with van der Waals surface area (Å²) in [4.78, 5) is 4.78. The summed E-state index contributed by atoms with van der Waals surface area (Å²) in [6, 6.07) is 60.1. The molecule has 0 radical (unpaired) electrons. The van der Waals surface area contributed by atoms with Gasteiger partial charge in [0.15, 0.2) is 0 Å². The number of hydrogen-bond acceptors (Lipinski definition) is 2. The number of nitrogens with zero attached hydrogens (tertiary/aromatic N) is 2. The van der Waals surface area contributed by atoms with Crippen molar-refractivity contribution in [3.05, 3.63) is 192 Å². The first-order chi connectivity index (χ1) is 25.3. The minimum Gasteiger partial charge on any atom is -0.310 e. The second-order valence-electron chi connectivity index (χ2n) is 15.3. The third-order valence-electron chi connectivity index (χ3n) is 11.6. The van der Waals surface area contributed by atoms with Gasteiger partial charge in [-0.25, -0.2) is 0 Å². The van der Waals surface area contributed by atoms with E-state index in [0.29, 0.717) is 0 Å². The summed E-state index contributed by atoms with van der Waals surface area (Å²) in [7, 11) is 0. The number of fused-ring (bicyclic) bond motifs is 6. The van der Waals surface area contributed by atoms with E-state index in [4.69, 9.17) is 0 Å². The molecule has 0 atom stereocenters.